The lowest BCUT2D eigenvalue weighted by Crippen LogP contribution is -2.21. The van der Waals surface area contributed by atoms with Gasteiger partial charge < -0.3 is 11.1 Å². The van der Waals surface area contributed by atoms with Crippen molar-refractivity contribution in [3.8, 4) is 0 Å². The fraction of sp³-hybridized carbons (Fsp3) is 0.400. The quantitative estimate of drug-likeness (QED) is 0.378. The van der Waals surface area contributed by atoms with E-state index in [1.54, 1.807) is 6.92 Å². The maximum atomic E-state index is 10.8. The van der Waals surface area contributed by atoms with E-state index in [0.717, 1.165) is 11.9 Å². The Hall–Kier alpha value is -0.680. The second-order valence-electron chi connectivity index (χ2n) is 1.71. The third kappa shape index (κ3) is 2.28. The number of hydrogen-bond acceptors (Lipinski definition) is 4. The fourth-order valence-electron chi connectivity index (χ4n) is 0.439. The average Bonchev–Trinajstić information content (AvgIpc) is 1.88. The van der Waals surface area contributed by atoms with Gasteiger partial charge in [0, 0.05) is 12.7 Å². The maximum absolute atomic E-state index is 10.8. The van der Waals surface area contributed by atoms with E-state index in [1.807, 2.05) is 0 Å². The molecule has 58 valence electrons. The predicted octanol–water partition coefficient (Wildman–Crippen LogP) is -0.470. The predicted molar refractivity (Wildman–Crippen MR) is 42.7 cm³/mol. The van der Waals surface area contributed by atoms with Crippen LogP contribution in [0.15, 0.2) is 10.6 Å². The lowest BCUT2D eigenvalue weighted by molar-refractivity contribution is -0.116. The number of carbonyl (C=O) groups excluding carboxylic acids is 1. The van der Waals surface area contributed by atoms with Gasteiger partial charge in [-0.15, -0.1) is 0 Å². The number of carbonyl (C=O) groups is 1. The first kappa shape index (κ1) is 9.32. The number of amides is 1. The maximum Gasteiger partial charge on any atom is 0.260 e. The van der Waals surface area contributed by atoms with E-state index >= 15 is 0 Å². The van der Waals surface area contributed by atoms with Crippen LogP contribution < -0.4 is 16.2 Å². The van der Waals surface area contributed by atoms with Crippen LogP contribution in [0, 0.1) is 0 Å². The van der Waals surface area contributed by atoms with Crippen molar-refractivity contribution in [3.05, 3.63) is 10.6 Å². The second kappa shape index (κ2) is 4.19. The molecule has 0 radical (unpaired) electrons. The molecule has 4 nitrogen and oxygen atoms in total. The summed E-state index contributed by atoms with van der Waals surface area (Å²) in [6, 6.07) is 0. The molecule has 0 aromatic carbocycles. The molecular weight excluding hydrogens is 150 g/mol. The Morgan fingerprint density at radius 2 is 2.10 bits per heavy atom. The highest BCUT2D eigenvalue weighted by Crippen LogP contribution is 2.09. The molecule has 0 bridgehead atoms. The smallest absolute Gasteiger partial charge is 0.260 e. The third-order valence-electron chi connectivity index (χ3n) is 0.909. The minimum Gasteiger partial charge on any atom is -0.401 e. The SMILES string of the molecule is CNC(=O)/C(SN)=C(\C)N. The molecule has 0 aromatic heterocycles. The van der Waals surface area contributed by atoms with Gasteiger partial charge in [-0.1, -0.05) is 0 Å². The molecule has 0 saturated heterocycles. The number of allylic oxidation sites excluding steroid dienone is 1. The molecule has 10 heavy (non-hydrogen) atoms. The highest BCUT2D eigenvalue weighted by molar-refractivity contribution is 8.01. The van der Waals surface area contributed by atoms with Crippen molar-refractivity contribution >= 4 is 17.9 Å². The third-order valence-corrected chi connectivity index (χ3v) is 1.65. The number of hydrogen-bond donors (Lipinski definition) is 3. The first-order chi connectivity index (χ1) is 4.63. The summed E-state index contributed by atoms with van der Waals surface area (Å²) in [5.74, 6) is -0.243. The van der Waals surface area contributed by atoms with Crippen LogP contribution in [0.4, 0.5) is 0 Å². The molecule has 0 fully saturated rings. The molecule has 0 atom stereocenters. The summed E-state index contributed by atoms with van der Waals surface area (Å²) >= 11 is 0.853. The summed E-state index contributed by atoms with van der Waals surface area (Å²) in [5.41, 5.74) is 5.78. The van der Waals surface area contributed by atoms with Crippen molar-refractivity contribution in [1.82, 2.24) is 5.32 Å². The minimum absolute atomic E-state index is 0.243. The van der Waals surface area contributed by atoms with Crippen LogP contribution in [-0.4, -0.2) is 13.0 Å². The van der Waals surface area contributed by atoms with Crippen LogP contribution >= 0.6 is 11.9 Å². The first-order valence-corrected chi connectivity index (χ1v) is 3.56. The van der Waals surface area contributed by atoms with Gasteiger partial charge in [0.05, 0.1) is 0 Å². The lowest BCUT2D eigenvalue weighted by atomic mass is 10.4. The first-order valence-electron chi connectivity index (χ1n) is 2.68. The highest BCUT2D eigenvalue weighted by atomic mass is 32.2. The van der Waals surface area contributed by atoms with E-state index in [9.17, 15) is 4.79 Å². The molecule has 0 aliphatic carbocycles. The van der Waals surface area contributed by atoms with Gasteiger partial charge in [0.2, 0.25) is 0 Å². The van der Waals surface area contributed by atoms with E-state index < -0.39 is 0 Å². The van der Waals surface area contributed by atoms with Crippen molar-refractivity contribution in [1.29, 1.82) is 0 Å². The van der Waals surface area contributed by atoms with Gasteiger partial charge in [-0.05, 0) is 18.9 Å². The van der Waals surface area contributed by atoms with Crippen molar-refractivity contribution in [2.45, 2.75) is 6.92 Å². The van der Waals surface area contributed by atoms with Gasteiger partial charge in [0.1, 0.15) is 4.91 Å². The number of nitrogens with one attached hydrogen (secondary N) is 1. The largest absolute Gasteiger partial charge is 0.401 e. The Kier molecular flexibility index (Phi) is 3.90. The molecule has 0 rings (SSSR count). The molecule has 0 heterocycles. The number of nitrogens with two attached hydrogens (primary N) is 2. The van der Waals surface area contributed by atoms with E-state index in [2.05, 4.69) is 5.32 Å². The zero-order valence-corrected chi connectivity index (χ0v) is 6.79. The zero-order valence-electron chi connectivity index (χ0n) is 5.97. The van der Waals surface area contributed by atoms with Crippen LogP contribution in [0.3, 0.4) is 0 Å². The Labute approximate surface area is 64.2 Å². The molecule has 1 amide bonds. The van der Waals surface area contributed by atoms with E-state index in [-0.39, 0.29) is 5.91 Å². The molecule has 0 saturated carbocycles. The van der Waals surface area contributed by atoms with Crippen LogP contribution in [0.5, 0.6) is 0 Å². The summed E-state index contributed by atoms with van der Waals surface area (Å²) in [7, 11) is 1.53. The van der Waals surface area contributed by atoms with E-state index in [0.29, 0.717) is 10.6 Å². The van der Waals surface area contributed by atoms with Gasteiger partial charge in [-0.25, -0.2) is 0 Å². The van der Waals surface area contributed by atoms with E-state index in [1.165, 1.54) is 7.05 Å². The average molecular weight is 161 g/mol. The molecule has 0 aliphatic rings. The van der Waals surface area contributed by atoms with Gasteiger partial charge in [0.15, 0.2) is 0 Å². The van der Waals surface area contributed by atoms with Crippen LogP contribution in [-0.2, 0) is 4.79 Å². The molecule has 0 spiro atoms. The molecule has 0 aliphatic heterocycles. The van der Waals surface area contributed by atoms with Crippen molar-refractivity contribution in [3.63, 3.8) is 0 Å². The van der Waals surface area contributed by atoms with Crippen molar-refractivity contribution in [2.24, 2.45) is 10.9 Å². The summed E-state index contributed by atoms with van der Waals surface area (Å²) in [4.78, 5) is 11.2. The minimum atomic E-state index is -0.243. The van der Waals surface area contributed by atoms with Crippen LogP contribution in [0.2, 0.25) is 0 Å². The Bertz CT molecular complexity index is 162. The molecular formula is C5H11N3OS. The molecule has 5 N–H and O–H groups in total. The monoisotopic (exact) mass is 161 g/mol. The molecule has 0 aromatic rings. The van der Waals surface area contributed by atoms with E-state index in [4.69, 9.17) is 10.9 Å². The van der Waals surface area contributed by atoms with Gasteiger partial charge in [0.25, 0.3) is 5.91 Å². The van der Waals surface area contributed by atoms with Crippen LogP contribution in [0.1, 0.15) is 6.92 Å². The second-order valence-corrected chi connectivity index (χ2v) is 2.35. The molecule has 5 heteroatoms. The summed E-state index contributed by atoms with van der Waals surface area (Å²) < 4.78 is 0. The summed E-state index contributed by atoms with van der Waals surface area (Å²) in [6.07, 6.45) is 0. The van der Waals surface area contributed by atoms with Gasteiger partial charge >= 0.3 is 0 Å². The number of likely N-dealkylation sites (N-methyl/N-ethyl adjacent to an activating group) is 1. The fourth-order valence-corrected chi connectivity index (χ4v) is 0.834. The standard InChI is InChI=1S/C5H11N3OS/c1-3(6)4(10-7)5(9)8-2/h6-7H2,1-2H3,(H,8,9)/b4-3-. The lowest BCUT2D eigenvalue weighted by Gasteiger charge is -2.02. The Morgan fingerprint density at radius 3 is 2.20 bits per heavy atom. The van der Waals surface area contributed by atoms with Crippen molar-refractivity contribution < 1.29 is 4.79 Å². The normalized spacial score (nSPS) is 12.3. The highest BCUT2D eigenvalue weighted by Gasteiger charge is 2.07. The Morgan fingerprint density at radius 1 is 1.60 bits per heavy atom. The topological polar surface area (TPSA) is 81.1 Å². The van der Waals surface area contributed by atoms with Gasteiger partial charge in [-0.2, -0.15) is 0 Å². The van der Waals surface area contributed by atoms with Gasteiger partial charge in [-0.3, -0.25) is 9.93 Å². The Balaban J connectivity index is 4.37. The zero-order chi connectivity index (χ0) is 8.15. The number of rotatable bonds is 2. The summed E-state index contributed by atoms with van der Waals surface area (Å²) in [6.45, 7) is 1.63. The van der Waals surface area contributed by atoms with Crippen LogP contribution in [0.25, 0.3) is 0 Å². The summed E-state index contributed by atoms with van der Waals surface area (Å²) in [5, 5.41) is 7.59. The molecule has 0 unspecified atom stereocenters. The van der Waals surface area contributed by atoms with Crippen molar-refractivity contribution in [2.75, 3.05) is 7.05 Å².